The Bertz CT molecular complexity index is 999. The molecule has 4 aromatic rings. The molecule has 25 heavy (non-hydrogen) atoms. The van der Waals surface area contributed by atoms with E-state index in [0.29, 0.717) is 35.1 Å². The minimum absolute atomic E-state index is 0.129. The molecule has 2 aromatic carbocycles. The molecule has 4 rings (SSSR count). The van der Waals surface area contributed by atoms with Gasteiger partial charge in [-0.1, -0.05) is 18.2 Å². The number of pyridine rings is 1. The number of anilines is 1. The summed E-state index contributed by atoms with van der Waals surface area (Å²) >= 11 is 0. The lowest BCUT2D eigenvalue weighted by Crippen LogP contribution is -2.01. The van der Waals surface area contributed by atoms with Crippen LogP contribution in [0.2, 0.25) is 0 Å². The lowest BCUT2D eigenvalue weighted by molar-refractivity contribution is 0.464. The van der Waals surface area contributed by atoms with Crippen molar-refractivity contribution >= 4 is 17.1 Å². The van der Waals surface area contributed by atoms with Gasteiger partial charge in [-0.25, -0.2) is 0 Å². The number of benzene rings is 2. The topological polar surface area (TPSA) is 80.4 Å². The van der Waals surface area contributed by atoms with Crippen LogP contribution in [0.4, 0.5) is 6.01 Å². The first-order valence-corrected chi connectivity index (χ1v) is 7.78. The smallest absolute Gasteiger partial charge is 0.296 e. The summed E-state index contributed by atoms with van der Waals surface area (Å²) in [7, 11) is 0. The number of nitrogens with one attached hydrogen (secondary N) is 1. The summed E-state index contributed by atoms with van der Waals surface area (Å²) in [5.41, 5.74) is 1.85. The Morgan fingerprint density at radius 1 is 1.00 bits per heavy atom. The van der Waals surface area contributed by atoms with Gasteiger partial charge < -0.3 is 19.6 Å². The number of nitrogens with zero attached hydrogens (tertiary/aromatic N) is 2. The van der Waals surface area contributed by atoms with Gasteiger partial charge in [-0.3, -0.25) is 4.98 Å². The molecule has 0 radical (unpaired) electrons. The molecular formula is C19H15N3O3. The molecule has 2 heterocycles. The molecule has 6 heteroatoms. The number of rotatable bonds is 5. The number of hydrogen-bond acceptors (Lipinski definition) is 6. The highest BCUT2D eigenvalue weighted by atomic mass is 16.5. The quantitative estimate of drug-likeness (QED) is 0.566. The van der Waals surface area contributed by atoms with Crippen LogP contribution >= 0.6 is 0 Å². The van der Waals surface area contributed by atoms with E-state index >= 15 is 0 Å². The molecule has 0 fully saturated rings. The highest BCUT2D eigenvalue weighted by Gasteiger charge is 2.09. The molecule has 0 aliphatic rings. The van der Waals surface area contributed by atoms with Gasteiger partial charge in [0.2, 0.25) is 0 Å². The lowest BCUT2D eigenvalue weighted by atomic mass is 10.3. The summed E-state index contributed by atoms with van der Waals surface area (Å²) < 4.78 is 11.5. The number of ether oxygens (including phenoxy) is 1. The van der Waals surface area contributed by atoms with Gasteiger partial charge in [0, 0.05) is 12.3 Å². The van der Waals surface area contributed by atoms with Crippen LogP contribution in [0.5, 0.6) is 17.2 Å². The Kier molecular flexibility index (Phi) is 3.92. The van der Waals surface area contributed by atoms with Crippen molar-refractivity contribution in [2.24, 2.45) is 0 Å². The maximum Gasteiger partial charge on any atom is 0.296 e. The van der Waals surface area contributed by atoms with E-state index in [1.54, 1.807) is 24.4 Å². The number of hydrogen-bond donors (Lipinski definition) is 2. The number of aromatic hydroxyl groups is 1. The second-order valence-electron chi connectivity index (χ2n) is 5.39. The van der Waals surface area contributed by atoms with E-state index in [1.165, 1.54) is 0 Å². The summed E-state index contributed by atoms with van der Waals surface area (Å²) in [5, 5.41) is 12.8. The molecular weight excluding hydrogens is 318 g/mol. The predicted molar refractivity (Wildman–Crippen MR) is 93.8 cm³/mol. The molecule has 124 valence electrons. The van der Waals surface area contributed by atoms with Crippen LogP contribution in [0.25, 0.3) is 11.1 Å². The maximum absolute atomic E-state index is 9.73. The number of para-hydroxylation sites is 1. The first kappa shape index (κ1) is 15.0. The van der Waals surface area contributed by atoms with Crippen LogP contribution < -0.4 is 10.1 Å². The molecule has 0 saturated heterocycles. The third-order valence-corrected chi connectivity index (χ3v) is 3.61. The highest BCUT2D eigenvalue weighted by Crippen LogP contribution is 2.27. The fourth-order valence-corrected chi connectivity index (χ4v) is 2.39. The van der Waals surface area contributed by atoms with Gasteiger partial charge in [-0.05, 0) is 36.4 Å². The van der Waals surface area contributed by atoms with Crippen LogP contribution in [-0.4, -0.2) is 15.1 Å². The molecule has 0 aliphatic carbocycles. The van der Waals surface area contributed by atoms with Gasteiger partial charge >= 0.3 is 0 Å². The third kappa shape index (κ3) is 3.37. The first-order valence-electron chi connectivity index (χ1n) is 7.78. The zero-order valence-electron chi connectivity index (χ0n) is 13.2. The van der Waals surface area contributed by atoms with E-state index in [4.69, 9.17) is 9.15 Å². The van der Waals surface area contributed by atoms with Gasteiger partial charge in [-0.15, -0.1) is 0 Å². The highest BCUT2D eigenvalue weighted by molar-refractivity contribution is 5.76. The Balaban J connectivity index is 1.51. The average Bonchev–Trinajstić information content (AvgIpc) is 3.04. The van der Waals surface area contributed by atoms with Gasteiger partial charge in [0.25, 0.3) is 6.01 Å². The SMILES string of the molecule is Oc1cccnc1CNc1nc2ccc(Oc3ccccc3)cc2o1. The molecule has 0 amide bonds. The second-order valence-corrected chi connectivity index (χ2v) is 5.39. The van der Waals surface area contributed by atoms with Crippen LogP contribution in [0, 0.1) is 0 Å². The van der Waals surface area contributed by atoms with Crippen molar-refractivity contribution in [1.29, 1.82) is 0 Å². The molecule has 0 atom stereocenters. The first-order chi connectivity index (χ1) is 12.3. The summed E-state index contributed by atoms with van der Waals surface area (Å²) in [4.78, 5) is 8.47. The van der Waals surface area contributed by atoms with Gasteiger partial charge in [0.15, 0.2) is 5.58 Å². The molecule has 6 nitrogen and oxygen atoms in total. The monoisotopic (exact) mass is 333 g/mol. The van der Waals surface area contributed by atoms with E-state index in [2.05, 4.69) is 15.3 Å². The predicted octanol–water partition coefficient (Wildman–Crippen LogP) is 4.33. The Morgan fingerprint density at radius 3 is 2.72 bits per heavy atom. The fourth-order valence-electron chi connectivity index (χ4n) is 2.39. The number of fused-ring (bicyclic) bond motifs is 1. The van der Waals surface area contributed by atoms with E-state index in [-0.39, 0.29) is 5.75 Å². The van der Waals surface area contributed by atoms with Gasteiger partial charge in [0.1, 0.15) is 28.5 Å². The minimum Gasteiger partial charge on any atom is -0.506 e. The summed E-state index contributed by atoms with van der Waals surface area (Å²) in [6, 6.07) is 18.6. The number of oxazole rings is 1. The van der Waals surface area contributed by atoms with E-state index < -0.39 is 0 Å². The van der Waals surface area contributed by atoms with E-state index in [1.807, 2.05) is 42.5 Å². The molecule has 2 aromatic heterocycles. The van der Waals surface area contributed by atoms with Crippen molar-refractivity contribution in [3.05, 3.63) is 72.6 Å². The summed E-state index contributed by atoms with van der Waals surface area (Å²) in [6.07, 6.45) is 1.62. The molecule has 0 spiro atoms. The largest absolute Gasteiger partial charge is 0.506 e. The Hall–Kier alpha value is -3.54. The van der Waals surface area contributed by atoms with Gasteiger partial charge in [-0.2, -0.15) is 4.98 Å². The molecule has 0 aliphatic heterocycles. The molecule has 0 saturated carbocycles. The van der Waals surface area contributed by atoms with Crippen molar-refractivity contribution in [1.82, 2.24) is 9.97 Å². The van der Waals surface area contributed by atoms with Crippen LogP contribution in [0.15, 0.2) is 71.3 Å². The van der Waals surface area contributed by atoms with Crippen LogP contribution in [0.1, 0.15) is 5.69 Å². The molecule has 0 bridgehead atoms. The van der Waals surface area contributed by atoms with Crippen LogP contribution in [0.3, 0.4) is 0 Å². The van der Waals surface area contributed by atoms with Crippen molar-refractivity contribution in [2.45, 2.75) is 6.54 Å². The maximum atomic E-state index is 9.73. The minimum atomic E-state index is 0.129. The van der Waals surface area contributed by atoms with Crippen molar-refractivity contribution in [2.75, 3.05) is 5.32 Å². The Labute approximate surface area is 143 Å². The van der Waals surface area contributed by atoms with E-state index in [9.17, 15) is 5.11 Å². The summed E-state index contributed by atoms with van der Waals surface area (Å²) in [5.74, 6) is 1.55. The molecule has 0 unspecified atom stereocenters. The zero-order chi connectivity index (χ0) is 17.1. The zero-order valence-corrected chi connectivity index (χ0v) is 13.2. The van der Waals surface area contributed by atoms with Crippen molar-refractivity contribution in [3.63, 3.8) is 0 Å². The lowest BCUT2D eigenvalue weighted by Gasteiger charge is -2.04. The average molecular weight is 333 g/mol. The fraction of sp³-hybridized carbons (Fsp3) is 0.0526. The Morgan fingerprint density at radius 2 is 1.88 bits per heavy atom. The normalized spacial score (nSPS) is 10.7. The van der Waals surface area contributed by atoms with Crippen LogP contribution in [-0.2, 0) is 6.54 Å². The third-order valence-electron chi connectivity index (χ3n) is 3.61. The number of aromatic nitrogens is 2. The summed E-state index contributed by atoms with van der Waals surface area (Å²) in [6.45, 7) is 0.312. The van der Waals surface area contributed by atoms with Crippen molar-refractivity contribution < 1.29 is 14.3 Å². The van der Waals surface area contributed by atoms with Gasteiger partial charge in [0.05, 0.1) is 6.54 Å². The van der Waals surface area contributed by atoms with Crippen molar-refractivity contribution in [3.8, 4) is 17.2 Å². The molecule has 2 N–H and O–H groups in total. The standard InChI is InChI=1S/C19H15N3O3/c23-17-7-4-10-20-16(17)12-21-19-22-15-9-8-14(11-18(15)25-19)24-13-5-2-1-3-6-13/h1-11,23H,12H2,(H,21,22). The second kappa shape index (κ2) is 6.52. The van der Waals surface area contributed by atoms with E-state index in [0.717, 1.165) is 5.75 Å².